The number of hydrogen-bond acceptors (Lipinski definition) is 4. The van der Waals surface area contributed by atoms with Crippen molar-refractivity contribution >= 4 is 28.6 Å². The third-order valence-electron chi connectivity index (χ3n) is 3.26. The van der Waals surface area contributed by atoms with Crippen LogP contribution in [0.3, 0.4) is 0 Å². The van der Waals surface area contributed by atoms with E-state index >= 15 is 0 Å². The molecule has 5 heteroatoms. The molecule has 0 aromatic carbocycles. The smallest absolute Gasteiger partial charge is 0.225 e. The number of thiophene rings is 1. The normalized spacial score (nSPS) is 16.3. The molecular weight excluding hydrogens is 276 g/mol. The molecule has 100 valence electrons. The molecule has 2 aromatic heterocycles. The molecule has 1 atom stereocenters. The molecule has 2 heterocycles. The highest BCUT2D eigenvalue weighted by Crippen LogP contribution is 2.42. The third-order valence-corrected chi connectivity index (χ3v) is 4.99. The monoisotopic (exact) mass is 292 g/mol. The van der Waals surface area contributed by atoms with E-state index in [1.807, 2.05) is 23.0 Å². The molecule has 0 unspecified atom stereocenters. The van der Waals surface area contributed by atoms with Gasteiger partial charge >= 0.3 is 0 Å². The average molecular weight is 292 g/mol. The second-order valence-corrected chi connectivity index (χ2v) is 7.05. The van der Waals surface area contributed by atoms with Crippen LogP contribution in [-0.2, 0) is 11.2 Å². The molecule has 3 nitrogen and oxygen atoms in total. The zero-order valence-electron chi connectivity index (χ0n) is 10.8. The molecule has 1 aliphatic rings. The van der Waals surface area contributed by atoms with E-state index in [1.165, 1.54) is 17.7 Å². The Morgan fingerprint density at radius 2 is 2.42 bits per heavy atom. The summed E-state index contributed by atoms with van der Waals surface area (Å²) in [7, 11) is 0. The highest BCUT2D eigenvalue weighted by Gasteiger charge is 2.35. The van der Waals surface area contributed by atoms with E-state index in [9.17, 15) is 4.79 Å². The minimum absolute atomic E-state index is 0.100. The minimum Gasteiger partial charge on any atom is -0.346 e. The van der Waals surface area contributed by atoms with Crippen molar-refractivity contribution in [2.24, 2.45) is 5.92 Å². The summed E-state index contributed by atoms with van der Waals surface area (Å²) in [6.07, 6.45) is 4.75. The molecule has 0 aliphatic heterocycles. The molecule has 0 spiro atoms. The van der Waals surface area contributed by atoms with Crippen LogP contribution in [0.1, 0.15) is 34.3 Å². The fourth-order valence-electron chi connectivity index (χ4n) is 2.13. The number of aromatic nitrogens is 1. The van der Waals surface area contributed by atoms with E-state index < -0.39 is 0 Å². The predicted molar refractivity (Wildman–Crippen MR) is 78.5 cm³/mol. The minimum atomic E-state index is 0.100. The van der Waals surface area contributed by atoms with Crippen LogP contribution in [0.15, 0.2) is 23.0 Å². The maximum absolute atomic E-state index is 12.1. The van der Waals surface area contributed by atoms with Crippen molar-refractivity contribution < 1.29 is 4.79 Å². The van der Waals surface area contributed by atoms with Gasteiger partial charge in [-0.3, -0.25) is 4.79 Å². The molecule has 0 radical (unpaired) electrons. The Balaban J connectivity index is 1.66. The zero-order valence-corrected chi connectivity index (χ0v) is 12.4. The number of rotatable bonds is 5. The molecule has 0 saturated heterocycles. The summed E-state index contributed by atoms with van der Waals surface area (Å²) in [6, 6.07) is 2.12. The largest absolute Gasteiger partial charge is 0.346 e. The van der Waals surface area contributed by atoms with E-state index in [2.05, 4.69) is 17.2 Å². The number of nitrogens with zero attached hydrogens (tertiary/aromatic N) is 1. The first-order valence-electron chi connectivity index (χ1n) is 6.45. The molecule has 2 aromatic rings. The standard InChI is InChI=1S/C14H16N2OS2/c1-9-7-15-14(19-9)13(11-2-3-11)16-12(17)6-10-4-5-18-8-10/h4-5,7-8,11,13H,2-3,6H2,1H3,(H,16,17)/t13-/m1/s1. The van der Waals surface area contributed by atoms with Gasteiger partial charge in [-0.15, -0.1) is 11.3 Å². The molecule has 1 N–H and O–H groups in total. The first-order valence-corrected chi connectivity index (χ1v) is 8.21. The fourth-order valence-corrected chi connectivity index (χ4v) is 3.72. The zero-order chi connectivity index (χ0) is 13.2. The highest BCUT2D eigenvalue weighted by molar-refractivity contribution is 7.11. The number of thiazole rings is 1. The Bertz CT molecular complexity index is 558. The lowest BCUT2D eigenvalue weighted by atomic mass is 10.1. The van der Waals surface area contributed by atoms with Crippen molar-refractivity contribution in [3.05, 3.63) is 38.5 Å². The van der Waals surface area contributed by atoms with Crippen LogP contribution in [0, 0.1) is 12.8 Å². The Hall–Kier alpha value is -1.20. The number of hydrogen-bond donors (Lipinski definition) is 1. The molecule has 3 rings (SSSR count). The Labute approximate surface area is 120 Å². The van der Waals surface area contributed by atoms with E-state index in [0.717, 1.165) is 10.6 Å². The van der Waals surface area contributed by atoms with E-state index in [1.54, 1.807) is 22.7 Å². The van der Waals surface area contributed by atoms with Crippen molar-refractivity contribution in [1.29, 1.82) is 0 Å². The van der Waals surface area contributed by atoms with Crippen LogP contribution in [0.2, 0.25) is 0 Å². The topological polar surface area (TPSA) is 42.0 Å². The van der Waals surface area contributed by atoms with E-state index in [0.29, 0.717) is 12.3 Å². The SMILES string of the molecule is Cc1cnc([C@H](NC(=O)Cc2ccsc2)C2CC2)s1. The molecule has 0 bridgehead atoms. The lowest BCUT2D eigenvalue weighted by Gasteiger charge is -2.15. The third kappa shape index (κ3) is 3.22. The van der Waals surface area contributed by atoms with Gasteiger partial charge in [0.15, 0.2) is 0 Å². The van der Waals surface area contributed by atoms with Gasteiger partial charge in [-0.05, 0) is 48.1 Å². The Kier molecular flexibility index (Phi) is 3.66. The van der Waals surface area contributed by atoms with Crippen molar-refractivity contribution in [2.45, 2.75) is 32.2 Å². The van der Waals surface area contributed by atoms with Gasteiger partial charge in [-0.25, -0.2) is 4.98 Å². The average Bonchev–Trinajstić information content (AvgIpc) is 2.93. The summed E-state index contributed by atoms with van der Waals surface area (Å²) in [5.41, 5.74) is 1.09. The van der Waals surface area contributed by atoms with Crippen molar-refractivity contribution in [3.8, 4) is 0 Å². The number of nitrogens with one attached hydrogen (secondary N) is 1. The molecule has 1 aliphatic carbocycles. The van der Waals surface area contributed by atoms with Crippen LogP contribution in [0.5, 0.6) is 0 Å². The van der Waals surface area contributed by atoms with Crippen LogP contribution >= 0.6 is 22.7 Å². The molecular formula is C14H16N2OS2. The number of carbonyl (C=O) groups is 1. The van der Waals surface area contributed by atoms with E-state index in [4.69, 9.17) is 0 Å². The second-order valence-electron chi connectivity index (χ2n) is 5.00. The summed E-state index contributed by atoms with van der Waals surface area (Å²) in [4.78, 5) is 17.7. The maximum Gasteiger partial charge on any atom is 0.225 e. The number of amides is 1. The van der Waals surface area contributed by atoms with E-state index in [-0.39, 0.29) is 11.9 Å². The van der Waals surface area contributed by atoms with Gasteiger partial charge in [0.1, 0.15) is 5.01 Å². The van der Waals surface area contributed by atoms with Crippen LogP contribution < -0.4 is 5.32 Å². The van der Waals surface area contributed by atoms with Crippen molar-refractivity contribution in [2.75, 3.05) is 0 Å². The van der Waals surface area contributed by atoms with Gasteiger partial charge in [-0.1, -0.05) is 0 Å². The fraction of sp³-hybridized carbons (Fsp3) is 0.429. The van der Waals surface area contributed by atoms with Crippen LogP contribution in [0.25, 0.3) is 0 Å². The maximum atomic E-state index is 12.1. The van der Waals surface area contributed by atoms with Gasteiger partial charge in [-0.2, -0.15) is 11.3 Å². The van der Waals surface area contributed by atoms with Gasteiger partial charge < -0.3 is 5.32 Å². The Morgan fingerprint density at radius 3 is 3.00 bits per heavy atom. The summed E-state index contributed by atoms with van der Waals surface area (Å²) in [5, 5.41) is 8.25. The summed E-state index contributed by atoms with van der Waals surface area (Å²) in [6.45, 7) is 2.05. The van der Waals surface area contributed by atoms with Gasteiger partial charge in [0.25, 0.3) is 0 Å². The van der Waals surface area contributed by atoms with Crippen LogP contribution in [-0.4, -0.2) is 10.9 Å². The highest BCUT2D eigenvalue weighted by atomic mass is 32.1. The quantitative estimate of drug-likeness (QED) is 0.918. The van der Waals surface area contributed by atoms with Gasteiger partial charge in [0.05, 0.1) is 12.5 Å². The summed E-state index contributed by atoms with van der Waals surface area (Å²) < 4.78 is 0. The first kappa shape index (κ1) is 12.8. The predicted octanol–water partition coefficient (Wildman–Crippen LogP) is 3.32. The summed E-state index contributed by atoms with van der Waals surface area (Å²) >= 11 is 3.32. The van der Waals surface area contributed by atoms with Gasteiger partial charge in [0, 0.05) is 11.1 Å². The van der Waals surface area contributed by atoms with Crippen molar-refractivity contribution in [1.82, 2.24) is 10.3 Å². The lowest BCUT2D eigenvalue weighted by molar-refractivity contribution is -0.121. The van der Waals surface area contributed by atoms with Gasteiger partial charge in [0.2, 0.25) is 5.91 Å². The number of carbonyl (C=O) groups excluding carboxylic acids is 1. The number of aryl methyl sites for hydroxylation is 1. The molecule has 1 saturated carbocycles. The lowest BCUT2D eigenvalue weighted by Crippen LogP contribution is -2.30. The Morgan fingerprint density at radius 1 is 1.58 bits per heavy atom. The van der Waals surface area contributed by atoms with Crippen molar-refractivity contribution in [3.63, 3.8) is 0 Å². The first-order chi connectivity index (χ1) is 9.22. The molecule has 19 heavy (non-hydrogen) atoms. The van der Waals surface area contributed by atoms with Crippen LogP contribution in [0.4, 0.5) is 0 Å². The molecule has 1 amide bonds. The second kappa shape index (κ2) is 5.43. The summed E-state index contributed by atoms with van der Waals surface area (Å²) in [5.74, 6) is 0.681. The molecule has 1 fully saturated rings.